The van der Waals surface area contributed by atoms with Crippen LogP contribution >= 0.6 is 11.8 Å². The standard InChI is InChI=1S/C11H9N5S/c12-6-9-8(2-1-3-14-9)7-17-11-10(13)15-4-5-16-11/h1-5H,7H2,(H2,13,15). The molecule has 0 spiro atoms. The van der Waals surface area contributed by atoms with Crippen molar-refractivity contribution in [3.05, 3.63) is 42.0 Å². The molecule has 0 fully saturated rings. The van der Waals surface area contributed by atoms with E-state index in [9.17, 15) is 0 Å². The van der Waals surface area contributed by atoms with Crippen LogP contribution in [0.5, 0.6) is 0 Å². The fraction of sp³-hybridized carbons (Fsp3) is 0.0909. The molecule has 2 aromatic heterocycles. The van der Waals surface area contributed by atoms with E-state index in [-0.39, 0.29) is 0 Å². The van der Waals surface area contributed by atoms with E-state index >= 15 is 0 Å². The van der Waals surface area contributed by atoms with Crippen molar-refractivity contribution < 1.29 is 0 Å². The van der Waals surface area contributed by atoms with E-state index < -0.39 is 0 Å². The smallest absolute Gasteiger partial charge is 0.156 e. The Morgan fingerprint density at radius 3 is 2.82 bits per heavy atom. The molecule has 6 heteroatoms. The summed E-state index contributed by atoms with van der Waals surface area (Å²) in [6, 6.07) is 5.72. The lowest BCUT2D eigenvalue weighted by Gasteiger charge is -2.03. The van der Waals surface area contributed by atoms with E-state index in [0.717, 1.165) is 5.56 Å². The van der Waals surface area contributed by atoms with Crippen LogP contribution < -0.4 is 5.73 Å². The van der Waals surface area contributed by atoms with Crippen molar-refractivity contribution in [1.82, 2.24) is 15.0 Å². The van der Waals surface area contributed by atoms with Crippen LogP contribution in [0.25, 0.3) is 0 Å². The molecular weight excluding hydrogens is 234 g/mol. The summed E-state index contributed by atoms with van der Waals surface area (Å²) in [6.45, 7) is 0. The van der Waals surface area contributed by atoms with Gasteiger partial charge in [0.25, 0.3) is 0 Å². The summed E-state index contributed by atoms with van der Waals surface area (Å²) < 4.78 is 0. The van der Waals surface area contributed by atoms with Gasteiger partial charge in [-0.25, -0.2) is 15.0 Å². The molecule has 2 N–H and O–H groups in total. The summed E-state index contributed by atoms with van der Waals surface area (Å²) in [5, 5.41) is 9.56. The number of aromatic nitrogens is 3. The summed E-state index contributed by atoms with van der Waals surface area (Å²) in [4.78, 5) is 12.1. The monoisotopic (exact) mass is 243 g/mol. The van der Waals surface area contributed by atoms with E-state index in [1.54, 1.807) is 24.7 Å². The predicted octanol–water partition coefficient (Wildman–Crippen LogP) is 1.62. The molecule has 2 rings (SSSR count). The highest BCUT2D eigenvalue weighted by molar-refractivity contribution is 7.98. The second-order valence-corrected chi connectivity index (χ2v) is 4.12. The SMILES string of the molecule is N#Cc1ncccc1CSc1nccnc1N. The van der Waals surface area contributed by atoms with Crippen LogP contribution in [0, 0.1) is 11.3 Å². The van der Waals surface area contributed by atoms with Gasteiger partial charge in [0.2, 0.25) is 0 Å². The van der Waals surface area contributed by atoms with Crippen molar-refractivity contribution in [2.24, 2.45) is 0 Å². The average molecular weight is 243 g/mol. The minimum Gasteiger partial charge on any atom is -0.381 e. The molecule has 0 atom stereocenters. The van der Waals surface area contributed by atoms with Gasteiger partial charge in [-0.3, -0.25) is 0 Å². The number of thioether (sulfide) groups is 1. The second kappa shape index (κ2) is 5.27. The molecule has 5 nitrogen and oxygen atoms in total. The number of hydrogen-bond donors (Lipinski definition) is 1. The highest BCUT2D eigenvalue weighted by Crippen LogP contribution is 2.24. The Labute approximate surface area is 103 Å². The van der Waals surface area contributed by atoms with E-state index in [4.69, 9.17) is 11.0 Å². The maximum Gasteiger partial charge on any atom is 0.156 e. The number of nitrogens with two attached hydrogens (primary N) is 1. The molecule has 0 aliphatic rings. The third-order valence-corrected chi connectivity index (χ3v) is 3.10. The Bertz CT molecular complexity index is 564. The van der Waals surface area contributed by atoms with Crippen LogP contribution in [0.4, 0.5) is 5.82 Å². The van der Waals surface area contributed by atoms with Gasteiger partial charge in [-0.2, -0.15) is 5.26 Å². The molecule has 0 aromatic carbocycles. The molecule has 0 unspecified atom stereocenters. The predicted molar refractivity (Wildman–Crippen MR) is 65.0 cm³/mol. The van der Waals surface area contributed by atoms with Crippen molar-refractivity contribution in [3.63, 3.8) is 0 Å². The zero-order valence-electron chi connectivity index (χ0n) is 8.87. The van der Waals surface area contributed by atoms with Gasteiger partial charge >= 0.3 is 0 Å². The highest BCUT2D eigenvalue weighted by Gasteiger charge is 2.06. The molecule has 0 amide bonds. The third kappa shape index (κ3) is 2.71. The van der Waals surface area contributed by atoms with Crippen LogP contribution in [0.2, 0.25) is 0 Å². The van der Waals surface area contributed by atoms with Crippen LogP contribution in [-0.4, -0.2) is 15.0 Å². The molecule has 0 bridgehead atoms. The lowest BCUT2D eigenvalue weighted by Crippen LogP contribution is -1.96. The van der Waals surface area contributed by atoms with Gasteiger partial charge in [-0.15, -0.1) is 0 Å². The van der Waals surface area contributed by atoms with Crippen LogP contribution in [0.3, 0.4) is 0 Å². The summed E-state index contributed by atoms with van der Waals surface area (Å²) in [6.07, 6.45) is 4.74. The molecule has 0 radical (unpaired) electrons. The molecule has 0 aliphatic heterocycles. The van der Waals surface area contributed by atoms with E-state index in [0.29, 0.717) is 22.3 Å². The maximum atomic E-state index is 8.90. The first kappa shape index (κ1) is 11.4. The number of pyridine rings is 1. The Balaban J connectivity index is 2.13. The summed E-state index contributed by atoms with van der Waals surface area (Å²) in [5.74, 6) is 1.000. The van der Waals surface area contributed by atoms with Gasteiger partial charge in [-0.1, -0.05) is 17.8 Å². The zero-order valence-corrected chi connectivity index (χ0v) is 9.68. The van der Waals surface area contributed by atoms with Crippen LogP contribution in [0.1, 0.15) is 11.3 Å². The first-order valence-corrected chi connectivity index (χ1v) is 5.83. The van der Waals surface area contributed by atoms with Gasteiger partial charge < -0.3 is 5.73 Å². The van der Waals surface area contributed by atoms with Crippen LogP contribution in [-0.2, 0) is 5.75 Å². The number of rotatable bonds is 3. The van der Waals surface area contributed by atoms with Crippen molar-refractivity contribution >= 4 is 17.6 Å². The molecule has 0 saturated carbocycles. The number of nitrogens with zero attached hydrogens (tertiary/aromatic N) is 4. The third-order valence-electron chi connectivity index (χ3n) is 2.05. The Kier molecular flexibility index (Phi) is 3.52. The number of hydrogen-bond acceptors (Lipinski definition) is 6. The Hall–Kier alpha value is -2.13. The summed E-state index contributed by atoms with van der Waals surface area (Å²) in [7, 11) is 0. The van der Waals surface area contributed by atoms with E-state index in [1.165, 1.54) is 11.8 Å². The quantitative estimate of drug-likeness (QED) is 0.824. The zero-order chi connectivity index (χ0) is 12.1. The van der Waals surface area contributed by atoms with Crippen molar-refractivity contribution in [2.45, 2.75) is 10.8 Å². The van der Waals surface area contributed by atoms with Gasteiger partial charge in [0.15, 0.2) is 5.82 Å². The number of nitrogen functional groups attached to an aromatic ring is 1. The molecule has 0 saturated heterocycles. The minimum absolute atomic E-state index is 0.403. The van der Waals surface area contributed by atoms with Gasteiger partial charge in [0.1, 0.15) is 16.8 Å². The lowest BCUT2D eigenvalue weighted by molar-refractivity contribution is 1.07. The van der Waals surface area contributed by atoms with E-state index in [1.807, 2.05) is 6.07 Å². The first-order valence-electron chi connectivity index (χ1n) is 4.84. The lowest BCUT2D eigenvalue weighted by atomic mass is 10.2. The average Bonchev–Trinajstić information content (AvgIpc) is 2.38. The minimum atomic E-state index is 0.403. The Morgan fingerprint density at radius 2 is 2.06 bits per heavy atom. The van der Waals surface area contributed by atoms with Gasteiger partial charge in [0.05, 0.1) is 0 Å². The molecular formula is C11H9N5S. The molecule has 17 heavy (non-hydrogen) atoms. The van der Waals surface area contributed by atoms with Crippen molar-refractivity contribution in [1.29, 1.82) is 5.26 Å². The summed E-state index contributed by atoms with van der Waals surface area (Å²) in [5.41, 5.74) is 6.98. The largest absolute Gasteiger partial charge is 0.381 e. The van der Waals surface area contributed by atoms with Crippen LogP contribution in [0.15, 0.2) is 35.7 Å². The van der Waals surface area contributed by atoms with Crippen molar-refractivity contribution in [3.8, 4) is 6.07 Å². The normalized spacial score (nSPS) is 9.82. The van der Waals surface area contributed by atoms with Gasteiger partial charge in [0, 0.05) is 24.3 Å². The molecule has 0 aliphatic carbocycles. The fourth-order valence-electron chi connectivity index (χ4n) is 1.25. The number of nitriles is 1. The first-order chi connectivity index (χ1) is 8.31. The molecule has 2 aromatic rings. The highest BCUT2D eigenvalue weighted by atomic mass is 32.2. The summed E-state index contributed by atoms with van der Waals surface area (Å²) >= 11 is 1.44. The second-order valence-electron chi connectivity index (χ2n) is 3.16. The topological polar surface area (TPSA) is 88.5 Å². The molecule has 2 heterocycles. The Morgan fingerprint density at radius 1 is 1.24 bits per heavy atom. The van der Waals surface area contributed by atoms with Gasteiger partial charge in [-0.05, 0) is 11.6 Å². The van der Waals surface area contributed by atoms with E-state index in [2.05, 4.69) is 21.0 Å². The molecule has 84 valence electrons. The maximum absolute atomic E-state index is 8.90. The van der Waals surface area contributed by atoms with Crippen molar-refractivity contribution in [2.75, 3.05) is 5.73 Å². The fourth-order valence-corrected chi connectivity index (χ4v) is 2.11. The number of anilines is 1.